The predicted molar refractivity (Wildman–Crippen MR) is 317 cm³/mol. The van der Waals surface area contributed by atoms with E-state index in [1.54, 1.807) is 6.08 Å². The number of aliphatic hydroxyl groups is 5. The summed E-state index contributed by atoms with van der Waals surface area (Å²) in [4.78, 5) is 13.1. The van der Waals surface area contributed by atoms with Crippen molar-refractivity contribution in [2.24, 2.45) is 0 Å². The maximum atomic E-state index is 13.1. The molecule has 9 heteroatoms. The Morgan fingerprint density at radius 3 is 1.23 bits per heavy atom. The minimum absolute atomic E-state index is 0.213. The summed E-state index contributed by atoms with van der Waals surface area (Å²) in [6.07, 6.45) is 73.0. The number of amides is 1. The van der Waals surface area contributed by atoms with Crippen LogP contribution in [0, 0.1) is 0 Å². The quantitative estimate of drug-likeness (QED) is 0.0261. The molecule has 1 rings (SSSR count). The van der Waals surface area contributed by atoms with Crippen LogP contribution >= 0.6 is 0 Å². The van der Waals surface area contributed by atoms with E-state index in [0.717, 1.165) is 83.5 Å². The van der Waals surface area contributed by atoms with Crippen molar-refractivity contribution in [3.05, 3.63) is 109 Å². The SMILES string of the molecule is CC/C=C\C/C=C\C/C=C\C/C=C\C/C=C\C/C=C\C/C=C\C/C=C\CCCCC(=O)NC(COC1OC(CO)C(O)C(O)C1O)C(O)/C=C/CCCCCCCCCCCCCCCCCCCCCCCCC. The van der Waals surface area contributed by atoms with Gasteiger partial charge in [0, 0.05) is 6.42 Å². The number of carbonyl (C=O) groups is 1. The van der Waals surface area contributed by atoms with E-state index in [2.05, 4.69) is 116 Å². The molecule has 7 atom stereocenters. The zero-order chi connectivity index (χ0) is 54.3. The lowest BCUT2D eigenvalue weighted by Crippen LogP contribution is -2.60. The molecular formula is C66H113NO8. The fourth-order valence-electron chi connectivity index (χ4n) is 9.06. The highest BCUT2D eigenvalue weighted by Crippen LogP contribution is 2.23. The summed E-state index contributed by atoms with van der Waals surface area (Å²) in [5.74, 6) is -0.221. The molecule has 6 N–H and O–H groups in total. The van der Waals surface area contributed by atoms with Gasteiger partial charge in [0.2, 0.25) is 5.91 Å². The van der Waals surface area contributed by atoms with E-state index in [9.17, 15) is 30.3 Å². The Bertz CT molecular complexity index is 1540. The van der Waals surface area contributed by atoms with Gasteiger partial charge in [0.1, 0.15) is 24.4 Å². The van der Waals surface area contributed by atoms with Gasteiger partial charge in [-0.15, -0.1) is 0 Å². The maximum Gasteiger partial charge on any atom is 0.220 e. The van der Waals surface area contributed by atoms with Crippen LogP contribution in [-0.2, 0) is 14.3 Å². The number of carbonyl (C=O) groups excluding carboxylic acids is 1. The normalized spacial score (nSPS) is 19.7. The van der Waals surface area contributed by atoms with Crippen LogP contribution in [0.25, 0.3) is 0 Å². The maximum absolute atomic E-state index is 13.1. The Morgan fingerprint density at radius 2 is 0.827 bits per heavy atom. The van der Waals surface area contributed by atoms with Crippen LogP contribution in [0.15, 0.2) is 109 Å². The van der Waals surface area contributed by atoms with Gasteiger partial charge < -0.3 is 40.3 Å². The summed E-state index contributed by atoms with van der Waals surface area (Å²) in [6, 6.07) is -0.838. The van der Waals surface area contributed by atoms with Crippen molar-refractivity contribution < 1.29 is 39.8 Å². The van der Waals surface area contributed by atoms with Gasteiger partial charge in [-0.25, -0.2) is 0 Å². The van der Waals surface area contributed by atoms with Crippen molar-refractivity contribution in [1.82, 2.24) is 5.32 Å². The summed E-state index contributed by atoms with van der Waals surface area (Å²) in [7, 11) is 0. The molecule has 7 unspecified atom stereocenters. The Hall–Kier alpha value is -3.15. The van der Waals surface area contributed by atoms with Crippen molar-refractivity contribution in [3.63, 3.8) is 0 Å². The summed E-state index contributed by atoms with van der Waals surface area (Å²) in [5.41, 5.74) is 0. The predicted octanol–water partition coefficient (Wildman–Crippen LogP) is 15.7. The van der Waals surface area contributed by atoms with E-state index < -0.39 is 49.5 Å². The molecule has 1 saturated heterocycles. The van der Waals surface area contributed by atoms with Crippen molar-refractivity contribution in [3.8, 4) is 0 Å². The zero-order valence-corrected chi connectivity index (χ0v) is 47.8. The highest BCUT2D eigenvalue weighted by atomic mass is 16.7. The van der Waals surface area contributed by atoms with Gasteiger partial charge in [0.25, 0.3) is 0 Å². The Labute approximate surface area is 459 Å². The second-order valence-electron chi connectivity index (χ2n) is 20.8. The fraction of sp³-hybridized carbons (Fsp3) is 0.712. The lowest BCUT2D eigenvalue weighted by molar-refractivity contribution is -0.302. The third-order valence-electron chi connectivity index (χ3n) is 13.9. The Kier molecular flexibility index (Phi) is 50.5. The van der Waals surface area contributed by atoms with Crippen molar-refractivity contribution in [2.75, 3.05) is 13.2 Å². The molecule has 0 spiro atoms. The average molecular weight is 1050 g/mol. The summed E-state index contributed by atoms with van der Waals surface area (Å²) in [5, 5.41) is 54.6. The van der Waals surface area contributed by atoms with E-state index >= 15 is 0 Å². The highest BCUT2D eigenvalue weighted by molar-refractivity contribution is 5.76. The van der Waals surface area contributed by atoms with E-state index in [1.165, 1.54) is 135 Å². The van der Waals surface area contributed by atoms with E-state index in [0.29, 0.717) is 6.42 Å². The first-order valence-electron chi connectivity index (χ1n) is 30.6. The number of nitrogens with one attached hydrogen (secondary N) is 1. The topological polar surface area (TPSA) is 149 Å². The molecule has 0 aromatic rings. The number of unbranched alkanes of at least 4 members (excludes halogenated alkanes) is 25. The van der Waals surface area contributed by atoms with Crippen LogP contribution in [0.4, 0.5) is 0 Å². The Morgan fingerprint density at radius 1 is 0.467 bits per heavy atom. The van der Waals surface area contributed by atoms with Gasteiger partial charge in [-0.1, -0.05) is 264 Å². The molecule has 430 valence electrons. The van der Waals surface area contributed by atoms with Gasteiger partial charge in [-0.3, -0.25) is 4.79 Å². The van der Waals surface area contributed by atoms with Crippen LogP contribution in [-0.4, -0.2) is 87.5 Å². The number of allylic oxidation sites excluding steroid dienone is 17. The van der Waals surface area contributed by atoms with Crippen molar-refractivity contribution >= 4 is 5.91 Å². The zero-order valence-electron chi connectivity index (χ0n) is 47.8. The van der Waals surface area contributed by atoms with Crippen LogP contribution in [0.1, 0.15) is 245 Å². The highest BCUT2D eigenvalue weighted by Gasteiger charge is 2.44. The molecule has 0 saturated carbocycles. The molecular weight excluding hydrogens is 935 g/mol. The third kappa shape index (κ3) is 43.5. The fourth-order valence-corrected chi connectivity index (χ4v) is 9.06. The van der Waals surface area contributed by atoms with Crippen molar-refractivity contribution in [2.45, 2.75) is 288 Å². The number of rotatable bonds is 51. The summed E-state index contributed by atoms with van der Waals surface area (Å²) >= 11 is 0. The van der Waals surface area contributed by atoms with Crippen molar-refractivity contribution in [1.29, 1.82) is 0 Å². The monoisotopic (exact) mass is 1050 g/mol. The van der Waals surface area contributed by atoms with E-state index in [4.69, 9.17) is 9.47 Å². The molecule has 1 aliphatic rings. The number of ether oxygens (including phenoxy) is 2. The van der Waals surface area contributed by atoms with Gasteiger partial charge in [-0.2, -0.15) is 0 Å². The second-order valence-corrected chi connectivity index (χ2v) is 20.8. The average Bonchev–Trinajstić information content (AvgIpc) is 3.41. The van der Waals surface area contributed by atoms with Crippen LogP contribution in [0.2, 0.25) is 0 Å². The number of hydrogen-bond acceptors (Lipinski definition) is 8. The van der Waals surface area contributed by atoms with Crippen LogP contribution < -0.4 is 5.32 Å². The van der Waals surface area contributed by atoms with Gasteiger partial charge in [0.05, 0.1) is 25.4 Å². The molecule has 0 aromatic carbocycles. The lowest BCUT2D eigenvalue weighted by atomic mass is 9.99. The van der Waals surface area contributed by atoms with Gasteiger partial charge in [0.15, 0.2) is 6.29 Å². The first-order valence-corrected chi connectivity index (χ1v) is 30.6. The summed E-state index contributed by atoms with van der Waals surface area (Å²) < 4.78 is 11.3. The smallest absolute Gasteiger partial charge is 0.220 e. The molecule has 1 aliphatic heterocycles. The van der Waals surface area contributed by atoms with Gasteiger partial charge >= 0.3 is 0 Å². The molecule has 75 heavy (non-hydrogen) atoms. The summed E-state index contributed by atoms with van der Waals surface area (Å²) in [6.45, 7) is 3.65. The molecule has 9 nitrogen and oxygen atoms in total. The molecule has 0 bridgehead atoms. The largest absolute Gasteiger partial charge is 0.394 e. The van der Waals surface area contributed by atoms with Crippen LogP contribution in [0.3, 0.4) is 0 Å². The third-order valence-corrected chi connectivity index (χ3v) is 13.9. The van der Waals surface area contributed by atoms with Crippen LogP contribution in [0.5, 0.6) is 0 Å². The Balaban J connectivity index is 2.27. The molecule has 1 fully saturated rings. The standard InChI is InChI=1S/C66H113NO8/c1-3-5-7-9-11-13-15-17-19-21-23-25-27-29-30-32-34-36-38-40-42-44-46-48-50-52-54-56-62(70)67-59(58-74-66-65(73)64(72)63(71)61(57-68)75-66)60(69)55-53-51-49-47-45-43-41-39-37-35-33-31-28-26-24-22-20-18-16-14-12-10-8-6-4-2/h5,7,11,13,17,19,23,25,29-30,34,36,40,42,46,48,53,55,59-61,63-66,68-69,71-73H,3-4,6,8-10,12,14-16,18,20-22,24,26-28,31-33,35,37-39,41,43-45,47,49-52,54,56-58H2,1-2H3,(H,67,70)/b7-5-,13-11-,19-17-,25-23-,30-29-,36-34-,42-40-,48-46-,55-53+. The molecule has 1 heterocycles. The first kappa shape index (κ1) is 69.9. The molecule has 0 aromatic heterocycles. The van der Waals surface area contributed by atoms with E-state index in [1.807, 2.05) is 6.08 Å². The van der Waals surface area contributed by atoms with E-state index in [-0.39, 0.29) is 18.9 Å². The molecule has 0 aliphatic carbocycles. The number of aliphatic hydroxyl groups excluding tert-OH is 5. The lowest BCUT2D eigenvalue weighted by Gasteiger charge is -2.40. The minimum Gasteiger partial charge on any atom is -0.394 e. The molecule has 1 amide bonds. The minimum atomic E-state index is -1.58. The van der Waals surface area contributed by atoms with Gasteiger partial charge in [-0.05, 0) is 83.5 Å². The second kappa shape index (κ2) is 54.2. The number of hydrogen-bond donors (Lipinski definition) is 6. The first-order chi connectivity index (χ1) is 36.8. The molecule has 0 radical (unpaired) electrons.